The van der Waals surface area contributed by atoms with Gasteiger partial charge < -0.3 is 14.7 Å². The third-order valence-corrected chi connectivity index (χ3v) is 8.94. The molecule has 0 unspecified atom stereocenters. The molecule has 3 aromatic heterocycles. The molecule has 0 saturated heterocycles. The van der Waals surface area contributed by atoms with E-state index in [0.29, 0.717) is 64.0 Å². The van der Waals surface area contributed by atoms with Crippen LogP contribution in [0.1, 0.15) is 32.7 Å². The topological polar surface area (TPSA) is 97.7 Å². The minimum absolute atomic E-state index is 0.140. The molecule has 1 N–H and O–H groups in total. The summed E-state index contributed by atoms with van der Waals surface area (Å²) >= 11 is 9.66. The summed E-state index contributed by atoms with van der Waals surface area (Å²) < 4.78 is 9.81. The number of nitrogens with zero attached hydrogens (tertiary/aromatic N) is 5. The lowest BCUT2D eigenvalue weighted by atomic mass is 10.0. The van der Waals surface area contributed by atoms with Crippen molar-refractivity contribution >= 4 is 55.9 Å². The monoisotopic (exact) mass is 642 g/mol. The van der Waals surface area contributed by atoms with Crippen molar-refractivity contribution < 1.29 is 9.32 Å². The Morgan fingerprint density at radius 3 is 2.74 bits per heavy atom. The first-order valence-electron chi connectivity index (χ1n) is 13.4. The van der Waals surface area contributed by atoms with Crippen molar-refractivity contribution in [2.24, 2.45) is 0 Å². The zero-order valence-corrected chi connectivity index (χ0v) is 24.8. The minimum atomic E-state index is -0.153. The van der Waals surface area contributed by atoms with Gasteiger partial charge in [0.2, 0.25) is 0 Å². The van der Waals surface area contributed by atoms with Crippen LogP contribution in [0.4, 0.5) is 5.82 Å². The second-order valence-electron chi connectivity index (χ2n) is 10.2. The zero-order chi connectivity index (χ0) is 29.0. The molecule has 0 spiro atoms. The van der Waals surface area contributed by atoms with E-state index >= 15 is 0 Å². The molecule has 210 valence electrons. The van der Waals surface area contributed by atoms with Gasteiger partial charge in [0.25, 0.3) is 11.5 Å². The lowest BCUT2D eigenvalue weighted by Crippen LogP contribution is -2.41. The average Bonchev–Trinajstić information content (AvgIpc) is 3.62. The predicted molar refractivity (Wildman–Crippen MR) is 165 cm³/mol. The first-order valence-corrected chi connectivity index (χ1v) is 14.6. The Hall–Kier alpha value is -4.41. The van der Waals surface area contributed by atoms with E-state index < -0.39 is 0 Å². The summed E-state index contributed by atoms with van der Waals surface area (Å²) in [6, 6.07) is 20.8. The Labute approximate surface area is 253 Å². The van der Waals surface area contributed by atoms with E-state index in [1.165, 1.54) is 0 Å². The first kappa shape index (κ1) is 26.5. The molecule has 0 aliphatic carbocycles. The summed E-state index contributed by atoms with van der Waals surface area (Å²) in [5.74, 6) is 0.477. The van der Waals surface area contributed by atoms with Crippen LogP contribution in [0.3, 0.4) is 0 Å². The lowest BCUT2D eigenvalue weighted by Gasteiger charge is -2.29. The third-order valence-electron chi connectivity index (χ3n) is 7.71. The molecule has 0 radical (unpaired) electrons. The standard InChI is InChI=1S/C31H24BrClN6O3/c1-34-28-23-9-8-21(15-27(23)42-36-28)38-29-20(13-18-5-3-2-4-6-18)16-35-39(29)26-17-37(12-11-22(26)31(38)41)30(40)19-7-10-24(32)25(33)14-19/h2-10,14-16H,11-13,17H2,1H3,(H,34,36). The Morgan fingerprint density at radius 2 is 1.95 bits per heavy atom. The number of rotatable bonds is 5. The highest BCUT2D eigenvalue weighted by Crippen LogP contribution is 2.29. The largest absolute Gasteiger partial charge is 0.370 e. The summed E-state index contributed by atoms with van der Waals surface area (Å²) in [4.78, 5) is 29.5. The summed E-state index contributed by atoms with van der Waals surface area (Å²) in [6.07, 6.45) is 2.78. The van der Waals surface area contributed by atoms with Crippen LogP contribution in [0.5, 0.6) is 0 Å². The summed E-state index contributed by atoms with van der Waals surface area (Å²) in [6.45, 7) is 0.638. The number of carbonyl (C=O) groups is 1. The van der Waals surface area contributed by atoms with E-state index in [0.717, 1.165) is 21.0 Å². The fourth-order valence-electron chi connectivity index (χ4n) is 5.63. The number of anilines is 1. The highest BCUT2D eigenvalue weighted by Gasteiger charge is 2.29. The highest BCUT2D eigenvalue weighted by atomic mass is 79.9. The number of fused-ring (bicyclic) bond motifs is 4. The van der Waals surface area contributed by atoms with E-state index in [2.05, 4.69) is 26.4 Å². The van der Waals surface area contributed by atoms with Crippen LogP contribution in [-0.2, 0) is 19.4 Å². The van der Waals surface area contributed by atoms with Crippen LogP contribution in [0.2, 0.25) is 5.02 Å². The smallest absolute Gasteiger partial charge is 0.261 e. The second-order valence-corrected chi connectivity index (χ2v) is 11.5. The van der Waals surface area contributed by atoms with Crippen molar-refractivity contribution in [2.45, 2.75) is 19.4 Å². The van der Waals surface area contributed by atoms with Crippen LogP contribution >= 0.6 is 27.5 Å². The van der Waals surface area contributed by atoms with E-state index in [-0.39, 0.29) is 18.0 Å². The highest BCUT2D eigenvalue weighted by molar-refractivity contribution is 9.10. The summed E-state index contributed by atoms with van der Waals surface area (Å²) in [7, 11) is 1.78. The molecule has 0 atom stereocenters. The number of hydrogen-bond donors (Lipinski definition) is 1. The van der Waals surface area contributed by atoms with Gasteiger partial charge >= 0.3 is 0 Å². The van der Waals surface area contributed by atoms with Gasteiger partial charge in [0.1, 0.15) is 5.65 Å². The Bertz CT molecular complexity index is 2070. The fourth-order valence-corrected chi connectivity index (χ4v) is 6.05. The quantitative estimate of drug-likeness (QED) is 0.252. The van der Waals surface area contributed by atoms with Gasteiger partial charge in [-0.25, -0.2) is 4.52 Å². The van der Waals surface area contributed by atoms with E-state index in [4.69, 9.17) is 21.2 Å². The second kappa shape index (κ2) is 10.5. The molecular formula is C31H24BrClN6O3. The number of hydrogen-bond acceptors (Lipinski definition) is 6. The van der Waals surface area contributed by atoms with Gasteiger partial charge in [-0.15, -0.1) is 0 Å². The van der Waals surface area contributed by atoms with Crippen LogP contribution in [0.25, 0.3) is 22.3 Å². The molecule has 42 heavy (non-hydrogen) atoms. The average molecular weight is 644 g/mol. The predicted octanol–water partition coefficient (Wildman–Crippen LogP) is 5.87. The normalized spacial score (nSPS) is 13.1. The van der Waals surface area contributed by atoms with Crippen molar-refractivity contribution in [3.05, 3.63) is 121 Å². The molecule has 4 heterocycles. The first-order chi connectivity index (χ1) is 20.4. The summed E-state index contributed by atoms with van der Waals surface area (Å²) in [5, 5.41) is 13.2. The van der Waals surface area contributed by atoms with Crippen LogP contribution < -0.4 is 10.9 Å². The van der Waals surface area contributed by atoms with Crippen molar-refractivity contribution in [2.75, 3.05) is 18.9 Å². The molecule has 0 bridgehead atoms. The number of amides is 1. The van der Waals surface area contributed by atoms with Gasteiger partial charge in [-0.05, 0) is 58.2 Å². The van der Waals surface area contributed by atoms with Gasteiger partial charge in [-0.2, -0.15) is 5.10 Å². The van der Waals surface area contributed by atoms with E-state index in [1.807, 2.05) is 53.0 Å². The van der Waals surface area contributed by atoms with E-state index in [9.17, 15) is 9.59 Å². The maximum absolute atomic E-state index is 14.3. The van der Waals surface area contributed by atoms with Crippen LogP contribution in [0, 0.1) is 0 Å². The SMILES string of the molecule is CNc1noc2cc(-n3c(=O)c4c(n5ncc(Cc6ccccc6)c35)CN(C(=O)c3ccc(Br)c(Cl)c3)CC4)ccc12. The molecule has 3 aromatic carbocycles. The summed E-state index contributed by atoms with van der Waals surface area (Å²) in [5.41, 5.74) is 5.52. The van der Waals surface area contributed by atoms with Gasteiger partial charge in [0.05, 0.1) is 34.5 Å². The molecule has 6 aromatic rings. The fraction of sp³-hybridized carbons (Fsp3) is 0.161. The molecule has 1 aliphatic rings. The molecule has 0 saturated carbocycles. The molecule has 11 heteroatoms. The lowest BCUT2D eigenvalue weighted by molar-refractivity contribution is 0.0729. The van der Waals surface area contributed by atoms with E-state index in [1.54, 1.807) is 40.9 Å². The van der Waals surface area contributed by atoms with Gasteiger partial charge in [-0.1, -0.05) is 47.1 Å². The third kappa shape index (κ3) is 4.38. The molecular weight excluding hydrogens is 620 g/mol. The maximum atomic E-state index is 14.3. The number of nitrogens with one attached hydrogen (secondary N) is 1. The number of halogens is 2. The molecule has 1 amide bonds. The number of aromatic nitrogens is 4. The van der Waals surface area contributed by atoms with Gasteiger partial charge in [-0.3, -0.25) is 14.2 Å². The van der Waals surface area contributed by atoms with Crippen molar-refractivity contribution in [1.82, 2.24) is 24.2 Å². The Balaban J connectivity index is 1.39. The number of benzene rings is 3. The molecule has 0 fully saturated rings. The maximum Gasteiger partial charge on any atom is 0.261 e. The van der Waals surface area contributed by atoms with Crippen molar-refractivity contribution in [3.8, 4) is 5.69 Å². The van der Waals surface area contributed by atoms with Gasteiger partial charge in [0, 0.05) is 47.2 Å². The molecule has 7 rings (SSSR count). The van der Waals surface area contributed by atoms with Crippen molar-refractivity contribution in [3.63, 3.8) is 0 Å². The van der Waals surface area contributed by atoms with Crippen LogP contribution in [0.15, 0.2) is 86.7 Å². The Kier molecular flexibility index (Phi) is 6.59. The van der Waals surface area contributed by atoms with Gasteiger partial charge in [0.15, 0.2) is 11.4 Å². The van der Waals surface area contributed by atoms with Crippen LogP contribution in [-0.4, -0.2) is 43.7 Å². The molecule has 1 aliphatic heterocycles. The van der Waals surface area contributed by atoms with Crippen molar-refractivity contribution in [1.29, 1.82) is 0 Å². The minimum Gasteiger partial charge on any atom is -0.370 e. The Morgan fingerprint density at radius 1 is 1.12 bits per heavy atom. The number of carbonyl (C=O) groups excluding carboxylic acids is 1. The molecule has 9 nitrogen and oxygen atoms in total. The zero-order valence-electron chi connectivity index (χ0n) is 22.5.